The zero-order valence-corrected chi connectivity index (χ0v) is 10.5. The minimum absolute atomic E-state index is 0.100. The van der Waals surface area contributed by atoms with Crippen LogP contribution in [-0.2, 0) is 4.79 Å². The maximum absolute atomic E-state index is 10.4. The molecule has 2 rings (SSSR count). The third-order valence-corrected chi connectivity index (χ3v) is 3.67. The van der Waals surface area contributed by atoms with Crippen LogP contribution in [0.5, 0.6) is 0 Å². The van der Waals surface area contributed by atoms with E-state index in [0.717, 1.165) is 21.6 Å². The van der Waals surface area contributed by atoms with Crippen LogP contribution in [0.3, 0.4) is 0 Å². The molecule has 0 bridgehead atoms. The molecule has 2 aromatic heterocycles. The molecule has 2 heterocycles. The highest BCUT2D eigenvalue weighted by atomic mass is 32.2. The molecule has 0 unspecified atom stereocenters. The van der Waals surface area contributed by atoms with Crippen molar-refractivity contribution in [3.05, 3.63) is 11.2 Å². The second kappa shape index (κ2) is 4.72. The number of carboxylic acid groups (broad SMARTS) is 1. The molecular weight excluding hydrogens is 262 g/mol. The lowest BCUT2D eigenvalue weighted by Gasteiger charge is -1.99. The molecule has 0 aromatic carbocycles. The molecule has 7 nitrogen and oxygen atoms in total. The van der Waals surface area contributed by atoms with E-state index in [2.05, 4.69) is 15.2 Å². The summed E-state index contributed by atoms with van der Waals surface area (Å²) in [5, 5.41) is 17.6. The number of carbonyl (C=O) groups is 1. The summed E-state index contributed by atoms with van der Waals surface area (Å²) in [6.07, 6.45) is 1.67. The highest BCUT2D eigenvalue weighted by molar-refractivity contribution is 7.99. The Morgan fingerprint density at radius 3 is 3.00 bits per heavy atom. The maximum Gasteiger partial charge on any atom is 0.313 e. The van der Waals surface area contributed by atoms with E-state index < -0.39 is 5.97 Å². The molecule has 2 aromatic rings. The number of aromatic nitrogens is 4. The molecule has 0 atom stereocenters. The molecule has 0 spiro atoms. The van der Waals surface area contributed by atoms with Gasteiger partial charge in [0, 0.05) is 6.20 Å². The van der Waals surface area contributed by atoms with Crippen LogP contribution in [0.1, 0.15) is 5.01 Å². The predicted molar refractivity (Wildman–Crippen MR) is 64.4 cm³/mol. The van der Waals surface area contributed by atoms with Gasteiger partial charge in [-0.15, -0.1) is 21.5 Å². The highest BCUT2D eigenvalue weighted by Gasteiger charge is 2.14. The zero-order chi connectivity index (χ0) is 12.4. The molecule has 0 aliphatic carbocycles. The van der Waals surface area contributed by atoms with Crippen molar-refractivity contribution >= 4 is 29.1 Å². The lowest BCUT2D eigenvalue weighted by Crippen LogP contribution is -2.12. The predicted octanol–water partition coefficient (Wildman–Crippen LogP) is 0.601. The molecule has 0 saturated heterocycles. The summed E-state index contributed by atoms with van der Waals surface area (Å²) >= 11 is 2.48. The number of hydrogen-bond donors (Lipinski definition) is 2. The number of aliphatic carboxylic acids is 1. The molecule has 0 aliphatic heterocycles. The Morgan fingerprint density at radius 1 is 1.65 bits per heavy atom. The van der Waals surface area contributed by atoms with E-state index in [4.69, 9.17) is 10.9 Å². The van der Waals surface area contributed by atoms with Crippen LogP contribution < -0.4 is 5.84 Å². The van der Waals surface area contributed by atoms with Crippen LogP contribution in [0.25, 0.3) is 10.7 Å². The Bertz CT molecular complexity index is 550. The van der Waals surface area contributed by atoms with Crippen molar-refractivity contribution in [1.82, 2.24) is 19.9 Å². The largest absolute Gasteiger partial charge is 0.481 e. The Labute approximate surface area is 105 Å². The summed E-state index contributed by atoms with van der Waals surface area (Å²) in [6, 6.07) is 0. The van der Waals surface area contributed by atoms with Gasteiger partial charge in [-0.3, -0.25) is 4.79 Å². The van der Waals surface area contributed by atoms with E-state index in [-0.39, 0.29) is 5.75 Å². The van der Waals surface area contributed by atoms with Gasteiger partial charge in [-0.1, -0.05) is 11.8 Å². The van der Waals surface area contributed by atoms with Crippen molar-refractivity contribution in [3.63, 3.8) is 0 Å². The number of nitrogens with zero attached hydrogens (tertiary/aromatic N) is 4. The van der Waals surface area contributed by atoms with Crippen molar-refractivity contribution in [2.75, 3.05) is 11.6 Å². The van der Waals surface area contributed by atoms with Crippen molar-refractivity contribution in [2.24, 2.45) is 0 Å². The third kappa shape index (κ3) is 2.56. The molecule has 0 radical (unpaired) electrons. The number of aryl methyl sites for hydroxylation is 1. The average Bonchev–Trinajstić information content (AvgIpc) is 2.82. The quantitative estimate of drug-likeness (QED) is 0.619. The van der Waals surface area contributed by atoms with Gasteiger partial charge in [0.25, 0.3) is 0 Å². The highest BCUT2D eigenvalue weighted by Crippen LogP contribution is 2.25. The SMILES string of the molecule is Cc1ncc(-c2nnc(SCC(=O)O)n2N)s1. The number of rotatable bonds is 4. The first kappa shape index (κ1) is 11.9. The number of carboxylic acids is 1. The van der Waals surface area contributed by atoms with Gasteiger partial charge in [-0.25, -0.2) is 9.66 Å². The van der Waals surface area contributed by atoms with Crippen molar-refractivity contribution < 1.29 is 9.90 Å². The Hall–Kier alpha value is -1.61. The molecule has 0 amide bonds. The van der Waals surface area contributed by atoms with Gasteiger partial charge in [0.15, 0.2) is 5.82 Å². The van der Waals surface area contributed by atoms with E-state index in [9.17, 15) is 4.79 Å². The maximum atomic E-state index is 10.4. The number of nitrogen functional groups attached to an aromatic ring is 1. The van der Waals surface area contributed by atoms with E-state index in [1.54, 1.807) is 6.20 Å². The average molecular weight is 271 g/mol. The van der Waals surface area contributed by atoms with Crippen LogP contribution in [-0.4, -0.2) is 36.7 Å². The number of hydrogen-bond acceptors (Lipinski definition) is 7. The Kier molecular flexibility index (Phi) is 3.29. The first-order valence-corrected chi connectivity index (χ1v) is 6.36. The van der Waals surface area contributed by atoms with E-state index >= 15 is 0 Å². The summed E-state index contributed by atoms with van der Waals surface area (Å²) in [7, 11) is 0. The summed E-state index contributed by atoms with van der Waals surface area (Å²) in [5.41, 5.74) is 0. The van der Waals surface area contributed by atoms with E-state index in [1.807, 2.05) is 6.92 Å². The zero-order valence-electron chi connectivity index (χ0n) is 8.82. The topological polar surface area (TPSA) is 107 Å². The summed E-state index contributed by atoms with van der Waals surface area (Å²) in [5.74, 6) is 5.25. The number of thiazole rings is 1. The van der Waals surface area contributed by atoms with Crippen LogP contribution >= 0.6 is 23.1 Å². The van der Waals surface area contributed by atoms with Crippen molar-refractivity contribution in [2.45, 2.75) is 12.1 Å². The third-order valence-electron chi connectivity index (χ3n) is 1.83. The van der Waals surface area contributed by atoms with Gasteiger partial charge in [0.1, 0.15) is 0 Å². The second-order valence-corrected chi connectivity index (χ2v) is 5.28. The number of thioether (sulfide) groups is 1. The van der Waals surface area contributed by atoms with Crippen LogP contribution in [0.15, 0.2) is 11.4 Å². The molecule has 3 N–H and O–H groups in total. The minimum Gasteiger partial charge on any atom is -0.481 e. The van der Waals surface area contributed by atoms with Crippen molar-refractivity contribution in [1.29, 1.82) is 0 Å². The molecular formula is C8H9N5O2S2. The fourth-order valence-electron chi connectivity index (χ4n) is 1.13. The summed E-state index contributed by atoms with van der Waals surface area (Å²) in [4.78, 5) is 15.3. The first-order chi connectivity index (χ1) is 8.08. The fourth-order valence-corrected chi connectivity index (χ4v) is 2.47. The Morgan fingerprint density at radius 2 is 2.41 bits per heavy atom. The van der Waals surface area contributed by atoms with Gasteiger partial charge in [-0.2, -0.15) is 0 Å². The van der Waals surface area contributed by atoms with E-state index in [0.29, 0.717) is 11.0 Å². The molecule has 0 fully saturated rings. The van der Waals surface area contributed by atoms with Crippen molar-refractivity contribution in [3.8, 4) is 10.7 Å². The monoisotopic (exact) mass is 271 g/mol. The summed E-state index contributed by atoms with van der Waals surface area (Å²) in [6.45, 7) is 1.88. The van der Waals surface area contributed by atoms with E-state index in [1.165, 1.54) is 16.0 Å². The van der Waals surface area contributed by atoms with Gasteiger partial charge < -0.3 is 10.9 Å². The fraction of sp³-hybridized carbons (Fsp3) is 0.250. The smallest absolute Gasteiger partial charge is 0.313 e. The number of nitrogens with two attached hydrogens (primary N) is 1. The summed E-state index contributed by atoms with van der Waals surface area (Å²) < 4.78 is 1.28. The van der Waals surface area contributed by atoms with Crippen LogP contribution in [0.4, 0.5) is 0 Å². The first-order valence-electron chi connectivity index (χ1n) is 4.56. The Balaban J connectivity index is 2.23. The molecule has 0 saturated carbocycles. The molecule has 17 heavy (non-hydrogen) atoms. The van der Waals surface area contributed by atoms with Crippen LogP contribution in [0, 0.1) is 6.92 Å². The molecule has 9 heteroatoms. The van der Waals surface area contributed by atoms with Crippen LogP contribution in [0.2, 0.25) is 0 Å². The molecule has 0 aliphatic rings. The van der Waals surface area contributed by atoms with Gasteiger partial charge in [0.2, 0.25) is 5.16 Å². The normalized spacial score (nSPS) is 10.6. The van der Waals surface area contributed by atoms with Gasteiger partial charge in [-0.05, 0) is 6.92 Å². The van der Waals surface area contributed by atoms with Gasteiger partial charge >= 0.3 is 5.97 Å². The van der Waals surface area contributed by atoms with Gasteiger partial charge in [0.05, 0.1) is 15.6 Å². The standard InChI is InChI=1S/C8H9N5O2S2/c1-4-10-2-5(17-4)7-11-12-8(13(7)9)16-3-6(14)15/h2H,3,9H2,1H3,(H,14,15). The minimum atomic E-state index is -0.923. The lowest BCUT2D eigenvalue weighted by molar-refractivity contribution is -0.133. The molecule has 90 valence electrons. The lowest BCUT2D eigenvalue weighted by atomic mass is 10.5. The second-order valence-electron chi connectivity index (χ2n) is 3.10.